The number of ether oxygens (including phenoxy) is 1. The highest BCUT2D eigenvalue weighted by molar-refractivity contribution is 5.42. The van der Waals surface area contributed by atoms with E-state index in [1.807, 2.05) is 0 Å². The Labute approximate surface area is 98.7 Å². The SMILES string of the molecule is COc1cc(C(O)C(C)O)ccc1O.O=CO. The van der Waals surface area contributed by atoms with Crippen LogP contribution in [0.3, 0.4) is 0 Å². The van der Waals surface area contributed by atoms with Gasteiger partial charge in [-0.15, -0.1) is 0 Å². The van der Waals surface area contributed by atoms with Gasteiger partial charge in [0.1, 0.15) is 6.10 Å². The van der Waals surface area contributed by atoms with Crippen LogP contribution in [0.1, 0.15) is 18.6 Å². The van der Waals surface area contributed by atoms with Gasteiger partial charge in [-0.25, -0.2) is 0 Å². The first-order valence-electron chi connectivity index (χ1n) is 4.78. The predicted molar refractivity (Wildman–Crippen MR) is 60.0 cm³/mol. The van der Waals surface area contributed by atoms with Crippen molar-refractivity contribution in [2.24, 2.45) is 0 Å². The maximum absolute atomic E-state index is 9.52. The molecule has 0 saturated carbocycles. The van der Waals surface area contributed by atoms with Gasteiger partial charge in [0.25, 0.3) is 6.47 Å². The Hall–Kier alpha value is -1.79. The Morgan fingerprint density at radius 1 is 1.35 bits per heavy atom. The predicted octanol–water partition coefficient (Wildman–Crippen LogP) is 0.516. The Morgan fingerprint density at radius 3 is 2.29 bits per heavy atom. The molecule has 6 nitrogen and oxygen atoms in total. The Kier molecular flexibility index (Phi) is 6.69. The fourth-order valence-electron chi connectivity index (χ4n) is 1.16. The van der Waals surface area contributed by atoms with Crippen molar-refractivity contribution in [2.45, 2.75) is 19.1 Å². The Bertz CT molecular complexity index is 350. The van der Waals surface area contributed by atoms with Crippen LogP contribution in [-0.4, -0.2) is 40.1 Å². The number of aliphatic hydroxyl groups excluding tert-OH is 2. The molecule has 0 bridgehead atoms. The van der Waals surface area contributed by atoms with Gasteiger partial charge < -0.3 is 25.2 Å². The number of aromatic hydroxyl groups is 1. The molecule has 0 aromatic heterocycles. The zero-order chi connectivity index (χ0) is 13.4. The number of hydrogen-bond donors (Lipinski definition) is 4. The third-order valence-corrected chi connectivity index (χ3v) is 2.00. The third kappa shape index (κ3) is 4.71. The van der Waals surface area contributed by atoms with Gasteiger partial charge in [-0.3, -0.25) is 4.79 Å². The second kappa shape index (κ2) is 7.48. The normalized spacial score (nSPS) is 12.9. The first-order chi connectivity index (χ1) is 7.97. The minimum atomic E-state index is -0.968. The molecule has 2 atom stereocenters. The minimum Gasteiger partial charge on any atom is -0.504 e. The largest absolute Gasteiger partial charge is 0.504 e. The summed E-state index contributed by atoms with van der Waals surface area (Å²) < 4.78 is 4.87. The van der Waals surface area contributed by atoms with Gasteiger partial charge in [0, 0.05) is 0 Å². The molecule has 0 saturated heterocycles. The van der Waals surface area contributed by atoms with Gasteiger partial charge in [-0.05, 0) is 24.6 Å². The summed E-state index contributed by atoms with van der Waals surface area (Å²) >= 11 is 0. The lowest BCUT2D eigenvalue weighted by atomic mass is 10.1. The number of phenolic OH excluding ortho intramolecular Hbond substituents is 1. The molecule has 0 radical (unpaired) electrons. The lowest BCUT2D eigenvalue weighted by Crippen LogP contribution is -2.13. The van der Waals surface area contributed by atoms with E-state index >= 15 is 0 Å². The van der Waals surface area contributed by atoms with Crippen LogP contribution in [0.5, 0.6) is 11.5 Å². The smallest absolute Gasteiger partial charge is 0.290 e. The van der Waals surface area contributed by atoms with Gasteiger partial charge in [-0.2, -0.15) is 0 Å². The molecular formula is C11H16O6. The molecular weight excluding hydrogens is 228 g/mol. The Balaban J connectivity index is 0.000000770. The molecule has 1 rings (SSSR count). The van der Waals surface area contributed by atoms with E-state index < -0.39 is 12.2 Å². The zero-order valence-corrected chi connectivity index (χ0v) is 9.57. The second-order valence-electron chi connectivity index (χ2n) is 3.22. The van der Waals surface area contributed by atoms with Crippen molar-refractivity contribution < 1.29 is 30.0 Å². The quantitative estimate of drug-likeness (QED) is 0.577. The topological polar surface area (TPSA) is 107 Å². The summed E-state index contributed by atoms with van der Waals surface area (Å²) in [4.78, 5) is 8.36. The number of carboxylic acid groups (broad SMARTS) is 1. The van der Waals surface area contributed by atoms with Crippen molar-refractivity contribution in [1.82, 2.24) is 0 Å². The van der Waals surface area contributed by atoms with Crippen molar-refractivity contribution in [1.29, 1.82) is 0 Å². The van der Waals surface area contributed by atoms with Gasteiger partial charge in [0.05, 0.1) is 13.2 Å². The van der Waals surface area contributed by atoms with Crippen LogP contribution in [0.4, 0.5) is 0 Å². The summed E-state index contributed by atoms with van der Waals surface area (Å²) in [6, 6.07) is 4.45. The molecule has 0 fully saturated rings. The van der Waals surface area contributed by atoms with E-state index in [-0.39, 0.29) is 18.0 Å². The number of hydrogen-bond acceptors (Lipinski definition) is 5. The Morgan fingerprint density at radius 2 is 1.88 bits per heavy atom. The van der Waals surface area contributed by atoms with Gasteiger partial charge in [-0.1, -0.05) is 6.07 Å². The van der Waals surface area contributed by atoms with Crippen LogP contribution < -0.4 is 4.74 Å². The maximum Gasteiger partial charge on any atom is 0.290 e. The lowest BCUT2D eigenvalue weighted by Gasteiger charge is -2.15. The van der Waals surface area contributed by atoms with Crippen LogP contribution in [0.2, 0.25) is 0 Å². The molecule has 0 heterocycles. The molecule has 17 heavy (non-hydrogen) atoms. The highest BCUT2D eigenvalue weighted by Gasteiger charge is 2.15. The van der Waals surface area contributed by atoms with E-state index in [9.17, 15) is 10.2 Å². The highest BCUT2D eigenvalue weighted by atomic mass is 16.5. The fraction of sp³-hybridized carbons (Fsp3) is 0.364. The number of carbonyl (C=O) groups is 1. The third-order valence-electron chi connectivity index (χ3n) is 2.00. The molecule has 0 spiro atoms. The summed E-state index contributed by atoms with van der Waals surface area (Å²) in [5.74, 6) is 0.288. The van der Waals surface area contributed by atoms with E-state index in [0.717, 1.165) is 0 Å². The molecule has 96 valence electrons. The van der Waals surface area contributed by atoms with E-state index in [1.165, 1.54) is 32.2 Å². The number of aliphatic hydroxyl groups is 2. The lowest BCUT2D eigenvalue weighted by molar-refractivity contribution is -0.122. The minimum absolute atomic E-state index is 0.00837. The van der Waals surface area contributed by atoms with Crippen molar-refractivity contribution >= 4 is 6.47 Å². The number of phenols is 1. The molecule has 0 amide bonds. The fourth-order valence-corrected chi connectivity index (χ4v) is 1.16. The molecule has 0 aliphatic heterocycles. The highest BCUT2D eigenvalue weighted by Crippen LogP contribution is 2.29. The standard InChI is InChI=1S/C10H14O4.CH2O2/c1-6(11)10(13)7-3-4-8(12)9(5-7)14-2;2-1-3/h3-6,10-13H,1-2H3;1H,(H,2,3). The molecule has 4 N–H and O–H groups in total. The van der Waals surface area contributed by atoms with Crippen molar-refractivity contribution in [2.75, 3.05) is 7.11 Å². The summed E-state index contributed by atoms with van der Waals surface area (Å²) in [6.07, 6.45) is -1.83. The average molecular weight is 244 g/mol. The van der Waals surface area contributed by atoms with Crippen molar-refractivity contribution in [3.05, 3.63) is 23.8 Å². The van der Waals surface area contributed by atoms with Crippen LogP contribution in [0.25, 0.3) is 0 Å². The monoisotopic (exact) mass is 244 g/mol. The van der Waals surface area contributed by atoms with Crippen LogP contribution in [0, 0.1) is 0 Å². The van der Waals surface area contributed by atoms with E-state index in [2.05, 4.69) is 0 Å². The van der Waals surface area contributed by atoms with Crippen LogP contribution in [-0.2, 0) is 4.79 Å². The summed E-state index contributed by atoms with van der Waals surface area (Å²) in [5, 5.41) is 34.9. The summed E-state index contributed by atoms with van der Waals surface area (Å²) in [7, 11) is 1.42. The zero-order valence-electron chi connectivity index (χ0n) is 9.57. The molecule has 1 aromatic rings. The molecule has 0 aliphatic carbocycles. The first-order valence-corrected chi connectivity index (χ1v) is 4.78. The molecule has 6 heteroatoms. The van der Waals surface area contributed by atoms with Crippen molar-refractivity contribution in [3.8, 4) is 11.5 Å². The van der Waals surface area contributed by atoms with E-state index in [4.69, 9.17) is 19.7 Å². The number of methoxy groups -OCH3 is 1. The molecule has 2 unspecified atom stereocenters. The van der Waals surface area contributed by atoms with Gasteiger partial charge >= 0.3 is 0 Å². The van der Waals surface area contributed by atoms with E-state index in [1.54, 1.807) is 0 Å². The summed E-state index contributed by atoms with van der Waals surface area (Å²) in [6.45, 7) is 1.24. The van der Waals surface area contributed by atoms with Gasteiger partial charge in [0.2, 0.25) is 0 Å². The van der Waals surface area contributed by atoms with Crippen LogP contribution in [0.15, 0.2) is 18.2 Å². The molecule has 0 aliphatic rings. The molecule has 1 aromatic carbocycles. The first kappa shape index (κ1) is 15.2. The number of benzene rings is 1. The second-order valence-corrected chi connectivity index (χ2v) is 3.22. The average Bonchev–Trinajstić information content (AvgIpc) is 2.29. The number of rotatable bonds is 3. The van der Waals surface area contributed by atoms with Gasteiger partial charge in [0.15, 0.2) is 11.5 Å². The van der Waals surface area contributed by atoms with Crippen molar-refractivity contribution in [3.63, 3.8) is 0 Å². The maximum atomic E-state index is 9.52. The van der Waals surface area contributed by atoms with Crippen LogP contribution >= 0.6 is 0 Å². The van der Waals surface area contributed by atoms with E-state index in [0.29, 0.717) is 5.56 Å². The summed E-state index contributed by atoms with van der Waals surface area (Å²) in [5.41, 5.74) is 0.509.